The van der Waals surface area contributed by atoms with Gasteiger partial charge in [0.15, 0.2) is 0 Å². The molecule has 0 aromatic carbocycles. The number of unbranched alkanes of at least 4 members (excludes halogenated alkanes) is 14. The molecule has 0 amide bonds. The molecule has 0 radical (unpaired) electrons. The predicted molar refractivity (Wildman–Crippen MR) is 97.2 cm³/mol. The van der Waals surface area contributed by atoms with Gasteiger partial charge in [-0.3, -0.25) is 0 Å². The molecule has 0 aliphatic heterocycles. The number of nitrogens with one attached hydrogen (secondary N) is 1. The molecule has 0 spiro atoms. The van der Waals surface area contributed by atoms with Crippen LogP contribution in [0.5, 0.6) is 0 Å². The van der Waals surface area contributed by atoms with Gasteiger partial charge < -0.3 is 29.8 Å². The van der Waals surface area contributed by atoms with Gasteiger partial charge in [0.1, 0.15) is 5.82 Å². The minimum Gasteiger partial charge on any atom is -1.00 e. The molecule has 1 aromatic heterocycles. The summed E-state index contributed by atoms with van der Waals surface area (Å²) < 4.78 is 0. The molecule has 0 bridgehead atoms. The Balaban J connectivity index is -0.00000161. The summed E-state index contributed by atoms with van der Waals surface area (Å²) >= 11 is 0. The molecule has 1 rings (SSSR count). The standard InChI is InChI=1S/C20H38N2.2ClH.Zn/c1-2-3-4-5-6-7-8-9-10-11-12-13-14-15-16-17-20-21-18-19-22-20;;;/h18-19H,2-17H2,1H3,(H,21,22);2*1H;/q;;;+2/p-2. The van der Waals surface area contributed by atoms with Gasteiger partial charge in [-0.1, -0.05) is 96.8 Å². The molecule has 1 heterocycles. The van der Waals surface area contributed by atoms with E-state index in [2.05, 4.69) is 16.9 Å². The van der Waals surface area contributed by atoms with E-state index in [1.807, 2.05) is 12.4 Å². The SMILES string of the molecule is CCCCCCCCCCCCCCCCCc1ncc[nH]1.[Cl-].[Cl-].[Zn+2]. The number of H-pyrrole nitrogens is 1. The van der Waals surface area contributed by atoms with Crippen LogP contribution in [0.15, 0.2) is 12.4 Å². The maximum Gasteiger partial charge on any atom is 2.00 e. The fourth-order valence-corrected chi connectivity index (χ4v) is 3.10. The zero-order chi connectivity index (χ0) is 15.7. The Bertz CT molecular complexity index is 322. The van der Waals surface area contributed by atoms with Crippen LogP contribution in [0, 0.1) is 0 Å². The minimum absolute atomic E-state index is 0. The van der Waals surface area contributed by atoms with Crippen LogP contribution >= 0.6 is 0 Å². The Kier molecular flexibility index (Phi) is 29.4. The summed E-state index contributed by atoms with van der Waals surface area (Å²) in [4.78, 5) is 7.44. The molecule has 2 nitrogen and oxygen atoms in total. The number of imidazole rings is 1. The van der Waals surface area contributed by atoms with Gasteiger partial charge in [-0.2, -0.15) is 0 Å². The summed E-state index contributed by atoms with van der Waals surface area (Å²) in [5.41, 5.74) is 0. The second kappa shape index (κ2) is 24.4. The third-order valence-corrected chi connectivity index (χ3v) is 4.57. The predicted octanol–water partition coefficient (Wildman–Crippen LogP) is 0.829. The Morgan fingerprint density at radius 2 is 1.08 bits per heavy atom. The van der Waals surface area contributed by atoms with Crippen molar-refractivity contribution in [2.24, 2.45) is 0 Å². The molecule has 0 fully saturated rings. The maximum atomic E-state index is 4.26. The van der Waals surface area contributed by atoms with E-state index in [1.54, 1.807) is 0 Å². The van der Waals surface area contributed by atoms with Crippen LogP contribution in [0.25, 0.3) is 0 Å². The molecule has 5 heteroatoms. The maximum absolute atomic E-state index is 4.26. The van der Waals surface area contributed by atoms with Crippen molar-refractivity contribution >= 4 is 0 Å². The molecule has 0 aliphatic carbocycles. The van der Waals surface area contributed by atoms with Gasteiger partial charge >= 0.3 is 19.5 Å². The first-order valence-electron chi connectivity index (χ1n) is 9.91. The molecule has 25 heavy (non-hydrogen) atoms. The molecule has 0 unspecified atom stereocenters. The first-order chi connectivity index (χ1) is 10.9. The van der Waals surface area contributed by atoms with Gasteiger partial charge in [0.25, 0.3) is 0 Å². The van der Waals surface area contributed by atoms with E-state index >= 15 is 0 Å². The van der Waals surface area contributed by atoms with E-state index in [0.29, 0.717) is 0 Å². The van der Waals surface area contributed by atoms with Crippen LogP contribution in [0.4, 0.5) is 0 Å². The van der Waals surface area contributed by atoms with Gasteiger partial charge in [0, 0.05) is 18.8 Å². The Hall–Kier alpha value is 0.413. The molecule has 0 saturated heterocycles. The first kappa shape index (κ1) is 30.2. The summed E-state index contributed by atoms with van der Waals surface area (Å²) in [7, 11) is 0. The van der Waals surface area contributed by atoms with E-state index < -0.39 is 0 Å². The third kappa shape index (κ3) is 20.6. The van der Waals surface area contributed by atoms with E-state index in [1.165, 1.54) is 96.3 Å². The number of nitrogens with zero attached hydrogens (tertiary/aromatic N) is 1. The summed E-state index contributed by atoms with van der Waals surface area (Å²) in [6.07, 6.45) is 26.3. The molecule has 0 aliphatic rings. The number of rotatable bonds is 16. The van der Waals surface area contributed by atoms with Crippen LogP contribution in [-0.4, -0.2) is 9.97 Å². The molecular weight excluding hydrogens is 405 g/mol. The van der Waals surface area contributed by atoms with E-state index in [0.717, 1.165) is 12.2 Å². The molecule has 0 atom stereocenters. The van der Waals surface area contributed by atoms with Crippen molar-refractivity contribution in [3.8, 4) is 0 Å². The van der Waals surface area contributed by atoms with Crippen LogP contribution in [0.1, 0.15) is 109 Å². The van der Waals surface area contributed by atoms with Crippen LogP contribution in [0.2, 0.25) is 0 Å². The third-order valence-electron chi connectivity index (χ3n) is 4.57. The van der Waals surface area contributed by atoms with Crippen LogP contribution in [-0.2, 0) is 25.9 Å². The second-order valence-electron chi connectivity index (χ2n) is 6.74. The van der Waals surface area contributed by atoms with E-state index in [4.69, 9.17) is 0 Å². The summed E-state index contributed by atoms with van der Waals surface area (Å²) in [5, 5.41) is 0. The van der Waals surface area contributed by atoms with Crippen LogP contribution in [0.3, 0.4) is 0 Å². The van der Waals surface area contributed by atoms with Crippen molar-refractivity contribution in [3.63, 3.8) is 0 Å². The number of hydrogen-bond acceptors (Lipinski definition) is 1. The largest absolute Gasteiger partial charge is 2.00 e. The number of aromatic amines is 1. The number of aromatic nitrogens is 2. The first-order valence-corrected chi connectivity index (χ1v) is 9.91. The van der Waals surface area contributed by atoms with Crippen molar-refractivity contribution in [2.45, 2.75) is 110 Å². The molecule has 1 N–H and O–H groups in total. The molecule has 1 aromatic rings. The average molecular weight is 443 g/mol. The zero-order valence-electron chi connectivity index (χ0n) is 16.4. The quantitative estimate of drug-likeness (QED) is 0.298. The van der Waals surface area contributed by atoms with Crippen molar-refractivity contribution in [2.75, 3.05) is 0 Å². The Morgan fingerprint density at radius 1 is 0.680 bits per heavy atom. The topological polar surface area (TPSA) is 28.7 Å². The Morgan fingerprint density at radius 3 is 1.44 bits per heavy atom. The van der Waals surface area contributed by atoms with Crippen LogP contribution < -0.4 is 24.8 Å². The van der Waals surface area contributed by atoms with Crippen molar-refractivity contribution < 1.29 is 44.3 Å². The molecule has 144 valence electrons. The van der Waals surface area contributed by atoms with Crippen molar-refractivity contribution in [1.29, 1.82) is 0 Å². The monoisotopic (exact) mass is 440 g/mol. The molecular formula is C20H38Cl2N2Zn. The van der Waals surface area contributed by atoms with Gasteiger partial charge in [-0.15, -0.1) is 0 Å². The van der Waals surface area contributed by atoms with E-state index in [-0.39, 0.29) is 44.3 Å². The second-order valence-corrected chi connectivity index (χ2v) is 6.74. The Labute approximate surface area is 181 Å². The minimum atomic E-state index is 0. The van der Waals surface area contributed by atoms with Gasteiger partial charge in [0.2, 0.25) is 0 Å². The van der Waals surface area contributed by atoms with Gasteiger partial charge in [0.05, 0.1) is 0 Å². The molecule has 0 saturated carbocycles. The zero-order valence-corrected chi connectivity index (χ0v) is 20.9. The summed E-state index contributed by atoms with van der Waals surface area (Å²) in [5.74, 6) is 1.15. The number of hydrogen-bond donors (Lipinski definition) is 1. The fraction of sp³-hybridized carbons (Fsp3) is 0.850. The summed E-state index contributed by atoms with van der Waals surface area (Å²) in [6.45, 7) is 2.29. The average Bonchev–Trinajstić information content (AvgIpc) is 3.04. The van der Waals surface area contributed by atoms with Gasteiger partial charge in [-0.05, 0) is 6.42 Å². The number of halogens is 2. The fourth-order valence-electron chi connectivity index (χ4n) is 3.10. The number of aryl methyl sites for hydroxylation is 1. The summed E-state index contributed by atoms with van der Waals surface area (Å²) in [6, 6.07) is 0. The van der Waals surface area contributed by atoms with E-state index in [9.17, 15) is 0 Å². The van der Waals surface area contributed by atoms with Crippen molar-refractivity contribution in [1.82, 2.24) is 9.97 Å². The van der Waals surface area contributed by atoms with Gasteiger partial charge in [-0.25, -0.2) is 4.98 Å². The van der Waals surface area contributed by atoms with Crippen molar-refractivity contribution in [3.05, 3.63) is 18.2 Å². The normalized spacial score (nSPS) is 9.80. The smallest absolute Gasteiger partial charge is 1.00 e.